The zero-order valence-corrected chi connectivity index (χ0v) is 17.7. The van der Waals surface area contributed by atoms with Crippen LogP contribution in [-0.4, -0.2) is 32.5 Å². The molecule has 2 aromatic carbocycles. The lowest BCUT2D eigenvalue weighted by atomic mass is 10.1. The molecule has 4 rings (SSSR count). The topological polar surface area (TPSA) is 68.8 Å². The highest BCUT2D eigenvalue weighted by Gasteiger charge is 2.30. The van der Waals surface area contributed by atoms with Crippen molar-refractivity contribution in [3.05, 3.63) is 78.1 Å². The van der Waals surface area contributed by atoms with Gasteiger partial charge in [-0.1, -0.05) is 42.1 Å². The second-order valence-corrected chi connectivity index (χ2v) is 7.99. The van der Waals surface area contributed by atoms with Crippen molar-refractivity contribution >= 4 is 11.8 Å². The molecular weight excluding hydrogens is 439 g/mol. The molecule has 0 bridgehead atoms. The van der Waals surface area contributed by atoms with Gasteiger partial charge in [-0.05, 0) is 59.8 Å². The number of benzene rings is 2. The van der Waals surface area contributed by atoms with Crippen LogP contribution in [0.1, 0.15) is 17.7 Å². The van der Waals surface area contributed by atoms with E-state index in [4.69, 9.17) is 4.42 Å². The number of rotatable bonds is 9. The molecule has 0 aliphatic carbocycles. The molecule has 0 radical (unpaired) electrons. The Bertz CT molecular complexity index is 1140. The average Bonchev–Trinajstić information content (AvgIpc) is 3.46. The van der Waals surface area contributed by atoms with Crippen molar-refractivity contribution < 1.29 is 17.6 Å². The van der Waals surface area contributed by atoms with Crippen molar-refractivity contribution in [3.63, 3.8) is 0 Å². The monoisotopic (exact) mass is 459 g/mol. The van der Waals surface area contributed by atoms with Crippen molar-refractivity contribution in [1.82, 2.24) is 25.5 Å². The van der Waals surface area contributed by atoms with E-state index in [9.17, 15) is 13.2 Å². The summed E-state index contributed by atoms with van der Waals surface area (Å²) in [5.74, 6) is 1.91. The molecule has 166 valence electrons. The fraction of sp³-hybridized carbons (Fsp3) is 0.227. The third kappa shape index (κ3) is 5.57. The summed E-state index contributed by atoms with van der Waals surface area (Å²) in [5, 5.41) is 15.9. The average molecular weight is 459 g/mol. The maximum Gasteiger partial charge on any atom is 0.416 e. The van der Waals surface area contributed by atoms with E-state index in [0.717, 1.165) is 41.7 Å². The first-order chi connectivity index (χ1) is 15.5. The summed E-state index contributed by atoms with van der Waals surface area (Å²) in [5.41, 5.74) is 0.619. The van der Waals surface area contributed by atoms with Crippen LogP contribution in [0.15, 0.2) is 76.3 Å². The zero-order chi connectivity index (χ0) is 22.4. The third-order valence-corrected chi connectivity index (χ3v) is 5.61. The van der Waals surface area contributed by atoms with Crippen LogP contribution in [0, 0.1) is 0 Å². The molecule has 0 aliphatic heterocycles. The summed E-state index contributed by atoms with van der Waals surface area (Å²) >= 11 is 1.57. The van der Waals surface area contributed by atoms with Gasteiger partial charge < -0.3 is 9.73 Å². The van der Waals surface area contributed by atoms with Gasteiger partial charge in [0.25, 0.3) is 0 Å². The highest BCUT2D eigenvalue weighted by atomic mass is 32.2. The van der Waals surface area contributed by atoms with Crippen LogP contribution < -0.4 is 5.32 Å². The second-order valence-electron chi connectivity index (χ2n) is 6.93. The second kappa shape index (κ2) is 10.0. The van der Waals surface area contributed by atoms with Crippen LogP contribution in [0.5, 0.6) is 0 Å². The number of furan rings is 1. The van der Waals surface area contributed by atoms with Crippen LogP contribution in [0.4, 0.5) is 13.2 Å². The minimum atomic E-state index is -4.38. The van der Waals surface area contributed by atoms with Gasteiger partial charge in [0, 0.05) is 11.3 Å². The Morgan fingerprint density at radius 3 is 2.66 bits per heavy atom. The quantitative estimate of drug-likeness (QED) is 0.274. The van der Waals surface area contributed by atoms with Gasteiger partial charge in [0.1, 0.15) is 11.5 Å². The Kier molecular flexibility index (Phi) is 6.91. The summed E-state index contributed by atoms with van der Waals surface area (Å²) in [6.45, 7) is 1.24. The Morgan fingerprint density at radius 1 is 1.00 bits per heavy atom. The minimum absolute atomic E-state index is 0.401. The third-order valence-electron chi connectivity index (χ3n) is 4.61. The standard InChI is InChI=1S/C22H20F3N5OS/c23-22(24,25)17-7-4-6-16(14-17)20-11-10-19(31-20)15-26-12-5-13-32-21-27-28-29-30(21)18-8-2-1-3-9-18/h1-4,6-11,14,26H,5,12-13,15H2. The Hall–Kier alpha value is -3.11. The van der Waals surface area contributed by atoms with Crippen LogP contribution in [0.3, 0.4) is 0 Å². The number of halogens is 3. The highest BCUT2D eigenvalue weighted by molar-refractivity contribution is 7.99. The summed E-state index contributed by atoms with van der Waals surface area (Å²) < 4.78 is 46.1. The number of nitrogens with zero attached hydrogens (tertiary/aromatic N) is 4. The first-order valence-electron chi connectivity index (χ1n) is 9.94. The molecule has 1 N–H and O–H groups in total. The predicted octanol–water partition coefficient (Wildman–Crippen LogP) is 5.21. The van der Waals surface area contributed by atoms with Crippen molar-refractivity contribution in [1.29, 1.82) is 0 Å². The molecule has 10 heteroatoms. The smallest absolute Gasteiger partial charge is 0.416 e. The lowest BCUT2D eigenvalue weighted by Gasteiger charge is -2.07. The van der Waals surface area contributed by atoms with Gasteiger partial charge in [0.05, 0.1) is 17.8 Å². The molecule has 0 fully saturated rings. The number of alkyl halides is 3. The van der Waals surface area contributed by atoms with E-state index in [1.165, 1.54) is 6.07 Å². The van der Waals surface area contributed by atoms with E-state index in [1.807, 2.05) is 30.3 Å². The molecule has 32 heavy (non-hydrogen) atoms. The largest absolute Gasteiger partial charge is 0.460 e. The van der Waals surface area contributed by atoms with Gasteiger partial charge in [-0.25, -0.2) is 0 Å². The fourth-order valence-corrected chi connectivity index (χ4v) is 3.88. The number of hydrogen-bond donors (Lipinski definition) is 1. The van der Waals surface area contributed by atoms with Gasteiger partial charge in [-0.15, -0.1) is 5.10 Å². The molecule has 2 heterocycles. The van der Waals surface area contributed by atoms with E-state index in [2.05, 4.69) is 20.8 Å². The maximum atomic E-state index is 12.9. The first kappa shape index (κ1) is 22.1. The molecule has 0 saturated carbocycles. The summed E-state index contributed by atoms with van der Waals surface area (Å²) in [7, 11) is 0. The molecule has 6 nitrogen and oxygen atoms in total. The Morgan fingerprint density at radius 2 is 1.84 bits per heavy atom. The highest BCUT2D eigenvalue weighted by Crippen LogP contribution is 2.32. The predicted molar refractivity (Wildman–Crippen MR) is 115 cm³/mol. The number of thioether (sulfide) groups is 1. The van der Waals surface area contributed by atoms with Gasteiger partial charge in [-0.3, -0.25) is 0 Å². The molecular formula is C22H20F3N5OS. The lowest BCUT2D eigenvalue weighted by molar-refractivity contribution is -0.137. The van der Waals surface area contributed by atoms with E-state index in [0.29, 0.717) is 23.6 Å². The van der Waals surface area contributed by atoms with Crippen molar-refractivity contribution in [2.24, 2.45) is 0 Å². The summed E-state index contributed by atoms with van der Waals surface area (Å²) in [4.78, 5) is 0. The maximum absolute atomic E-state index is 12.9. The molecule has 0 aliphatic rings. The number of tetrazole rings is 1. The van der Waals surface area contributed by atoms with Gasteiger partial charge in [-0.2, -0.15) is 17.9 Å². The van der Waals surface area contributed by atoms with Crippen LogP contribution in [0.25, 0.3) is 17.0 Å². The van der Waals surface area contributed by atoms with Crippen molar-refractivity contribution in [3.8, 4) is 17.0 Å². The first-order valence-corrected chi connectivity index (χ1v) is 10.9. The lowest BCUT2D eigenvalue weighted by Crippen LogP contribution is -2.14. The molecule has 0 amide bonds. The van der Waals surface area contributed by atoms with Crippen molar-refractivity contribution in [2.45, 2.75) is 24.3 Å². The summed E-state index contributed by atoms with van der Waals surface area (Å²) in [6, 6.07) is 18.3. The van der Waals surface area contributed by atoms with Crippen LogP contribution in [-0.2, 0) is 12.7 Å². The Labute approximate surface area is 186 Å². The van der Waals surface area contributed by atoms with E-state index >= 15 is 0 Å². The van der Waals surface area contributed by atoms with Crippen LogP contribution in [0.2, 0.25) is 0 Å². The SMILES string of the molecule is FC(F)(F)c1cccc(-c2ccc(CNCCCSc3nnnn3-c3ccccc3)o2)c1. The van der Waals surface area contributed by atoms with E-state index in [-0.39, 0.29) is 0 Å². The molecule has 0 spiro atoms. The normalized spacial score (nSPS) is 11.7. The fourth-order valence-electron chi connectivity index (χ4n) is 3.05. The molecule has 0 unspecified atom stereocenters. The molecule has 4 aromatic rings. The van der Waals surface area contributed by atoms with Gasteiger partial charge in [0.2, 0.25) is 5.16 Å². The molecule has 2 aromatic heterocycles. The van der Waals surface area contributed by atoms with Gasteiger partial charge in [0.15, 0.2) is 0 Å². The zero-order valence-electron chi connectivity index (χ0n) is 16.9. The van der Waals surface area contributed by atoms with Gasteiger partial charge >= 0.3 is 6.18 Å². The van der Waals surface area contributed by atoms with E-state index < -0.39 is 11.7 Å². The summed E-state index contributed by atoms with van der Waals surface area (Å²) in [6.07, 6.45) is -3.50. The number of nitrogens with one attached hydrogen (secondary N) is 1. The van der Waals surface area contributed by atoms with Crippen molar-refractivity contribution in [2.75, 3.05) is 12.3 Å². The number of hydrogen-bond acceptors (Lipinski definition) is 6. The van der Waals surface area contributed by atoms with Crippen LogP contribution >= 0.6 is 11.8 Å². The molecule has 0 atom stereocenters. The molecule has 0 saturated heterocycles. The Balaban J connectivity index is 1.22. The number of para-hydroxylation sites is 1. The number of aromatic nitrogens is 4. The van der Waals surface area contributed by atoms with E-state index in [1.54, 1.807) is 34.6 Å². The minimum Gasteiger partial charge on any atom is -0.460 e.